The molecule has 47 heavy (non-hydrogen) atoms. The Hall–Kier alpha value is -3.59. The number of unbranched alkanes of at least 4 members (excludes halogenated alkanes) is 3. The Bertz CT molecular complexity index is 1390. The second-order valence-corrected chi connectivity index (χ2v) is 12.0. The summed E-state index contributed by atoms with van der Waals surface area (Å²) < 4.78 is 10.6. The van der Waals surface area contributed by atoms with Crippen LogP contribution in [-0.4, -0.2) is 106 Å². The van der Waals surface area contributed by atoms with Gasteiger partial charge < -0.3 is 40.4 Å². The van der Waals surface area contributed by atoms with Crippen LogP contribution < -0.4 is 10.6 Å². The van der Waals surface area contributed by atoms with E-state index < -0.39 is 24.5 Å². The van der Waals surface area contributed by atoms with E-state index in [9.17, 15) is 24.9 Å². The summed E-state index contributed by atoms with van der Waals surface area (Å²) in [4.78, 5) is 35.2. The molecule has 258 valence electrons. The van der Waals surface area contributed by atoms with Crippen molar-refractivity contribution in [3.63, 3.8) is 0 Å². The summed E-state index contributed by atoms with van der Waals surface area (Å²) in [5, 5.41) is 38.1. The number of carboxylic acid groups (broad SMARTS) is 1. The average molecular weight is 655 g/mol. The SMILES string of the molecule is CCOCCOCCC(=O)NCCCCCCN1Cc2cc([C@H](O)N(C)Cc3nc4ccccc4[nH]3)ccc2N[C@@H](CC(=O)O)[C@@H]1O. The fourth-order valence-corrected chi connectivity index (χ4v) is 5.74. The molecule has 0 bridgehead atoms. The minimum Gasteiger partial charge on any atom is -0.481 e. The van der Waals surface area contributed by atoms with Crippen molar-refractivity contribution >= 4 is 28.6 Å². The van der Waals surface area contributed by atoms with E-state index in [1.807, 2.05) is 61.3 Å². The highest BCUT2D eigenvalue weighted by molar-refractivity contribution is 5.76. The second kappa shape index (κ2) is 18.7. The highest BCUT2D eigenvalue weighted by atomic mass is 16.5. The molecule has 4 rings (SSSR count). The number of amides is 1. The molecule has 2 aromatic carbocycles. The third-order valence-electron chi connectivity index (χ3n) is 8.27. The molecule has 0 unspecified atom stereocenters. The minimum absolute atomic E-state index is 0.0325. The zero-order valence-electron chi connectivity index (χ0n) is 27.5. The van der Waals surface area contributed by atoms with Gasteiger partial charge in [-0.05, 0) is 62.2 Å². The van der Waals surface area contributed by atoms with Crippen LogP contribution in [0.15, 0.2) is 42.5 Å². The molecule has 1 aliphatic heterocycles. The number of ether oxygens (including phenoxy) is 2. The smallest absolute Gasteiger partial charge is 0.305 e. The van der Waals surface area contributed by atoms with Crippen LogP contribution in [0.1, 0.15) is 68.6 Å². The van der Waals surface area contributed by atoms with Gasteiger partial charge in [-0.25, -0.2) is 4.98 Å². The van der Waals surface area contributed by atoms with Gasteiger partial charge in [0.2, 0.25) is 5.91 Å². The molecule has 2 heterocycles. The van der Waals surface area contributed by atoms with E-state index in [4.69, 9.17) is 9.47 Å². The molecular formula is C34H50N6O7. The molecule has 0 aliphatic carbocycles. The predicted molar refractivity (Wildman–Crippen MR) is 178 cm³/mol. The summed E-state index contributed by atoms with van der Waals surface area (Å²) in [6.45, 7) is 5.93. The lowest BCUT2D eigenvalue weighted by Gasteiger charge is -2.30. The number of hydrogen-bond acceptors (Lipinski definition) is 10. The van der Waals surface area contributed by atoms with Crippen molar-refractivity contribution in [1.82, 2.24) is 25.1 Å². The van der Waals surface area contributed by atoms with Gasteiger partial charge in [0.05, 0.1) is 49.9 Å². The zero-order valence-corrected chi connectivity index (χ0v) is 27.5. The van der Waals surface area contributed by atoms with Crippen LogP contribution in [0.2, 0.25) is 0 Å². The second-order valence-electron chi connectivity index (χ2n) is 12.0. The number of aromatic nitrogens is 2. The fraction of sp³-hybridized carbons (Fsp3) is 0.559. The van der Waals surface area contributed by atoms with Crippen molar-refractivity contribution in [2.45, 2.75) is 77.0 Å². The monoisotopic (exact) mass is 654 g/mol. The fourth-order valence-electron chi connectivity index (χ4n) is 5.74. The zero-order chi connectivity index (χ0) is 33.6. The van der Waals surface area contributed by atoms with Gasteiger partial charge in [0.1, 0.15) is 18.3 Å². The van der Waals surface area contributed by atoms with Gasteiger partial charge in [0, 0.05) is 38.3 Å². The number of hydrogen-bond donors (Lipinski definition) is 6. The number of anilines is 1. The normalized spacial score (nSPS) is 17.3. The molecule has 13 heteroatoms. The van der Waals surface area contributed by atoms with Crippen LogP contribution in [0.25, 0.3) is 11.0 Å². The van der Waals surface area contributed by atoms with Crippen molar-refractivity contribution in [1.29, 1.82) is 0 Å². The van der Waals surface area contributed by atoms with Gasteiger partial charge in [-0.2, -0.15) is 0 Å². The third kappa shape index (κ3) is 11.3. The van der Waals surface area contributed by atoms with Gasteiger partial charge in [0.25, 0.3) is 0 Å². The lowest BCUT2D eigenvalue weighted by atomic mass is 10.1. The number of aromatic amines is 1. The number of H-pyrrole nitrogens is 1. The Balaban J connectivity index is 1.28. The summed E-state index contributed by atoms with van der Waals surface area (Å²) >= 11 is 0. The maximum absolute atomic E-state index is 12.0. The molecule has 13 nitrogen and oxygen atoms in total. The Morgan fingerprint density at radius 3 is 2.68 bits per heavy atom. The lowest BCUT2D eigenvalue weighted by Crippen LogP contribution is -2.46. The number of rotatable bonds is 20. The molecule has 0 saturated carbocycles. The summed E-state index contributed by atoms with van der Waals surface area (Å²) in [6.07, 6.45) is 1.63. The van der Waals surface area contributed by atoms with E-state index in [1.54, 1.807) is 4.90 Å². The van der Waals surface area contributed by atoms with Crippen molar-refractivity contribution in [2.24, 2.45) is 0 Å². The van der Waals surface area contributed by atoms with Gasteiger partial charge in [0.15, 0.2) is 0 Å². The maximum atomic E-state index is 12.0. The van der Waals surface area contributed by atoms with Gasteiger partial charge in [-0.3, -0.25) is 19.4 Å². The highest BCUT2D eigenvalue weighted by Gasteiger charge is 2.32. The summed E-state index contributed by atoms with van der Waals surface area (Å²) in [5.74, 6) is -0.283. The number of nitrogens with one attached hydrogen (secondary N) is 3. The molecule has 3 aromatic rings. The minimum atomic E-state index is -1.00. The Labute approximate surface area is 276 Å². The van der Waals surface area contributed by atoms with Gasteiger partial charge >= 0.3 is 5.97 Å². The summed E-state index contributed by atoms with van der Waals surface area (Å²) in [7, 11) is 1.83. The first kappa shape index (κ1) is 36.2. The lowest BCUT2D eigenvalue weighted by molar-refractivity contribution is -0.138. The standard InChI is InChI=1S/C34H50N6O7/c1-3-46-18-19-47-17-14-31(41)35-15-8-4-5-9-16-40-22-25-20-24(12-13-26(25)36-29(34(40)45)21-32(42)43)33(44)39(2)23-30-37-27-10-6-7-11-28(27)38-30/h6-7,10-13,20,29,33-34,36,44-45H,3-5,8-9,14-19,21-23H2,1-2H3,(H,35,41)(H,37,38)(H,42,43)/t29-,33-,34-/m0/s1. The van der Waals surface area contributed by atoms with E-state index in [-0.39, 0.29) is 12.3 Å². The van der Waals surface area contributed by atoms with E-state index in [2.05, 4.69) is 20.6 Å². The number of aliphatic hydroxyl groups is 2. The largest absolute Gasteiger partial charge is 0.481 e. The summed E-state index contributed by atoms with van der Waals surface area (Å²) in [6, 6.07) is 12.7. The van der Waals surface area contributed by atoms with Crippen molar-refractivity contribution in [3.05, 3.63) is 59.4 Å². The van der Waals surface area contributed by atoms with E-state index >= 15 is 0 Å². The molecule has 1 aliphatic rings. The number of benzene rings is 2. The van der Waals surface area contributed by atoms with E-state index in [1.165, 1.54) is 0 Å². The predicted octanol–water partition coefficient (Wildman–Crippen LogP) is 3.19. The first-order valence-corrected chi connectivity index (χ1v) is 16.5. The van der Waals surface area contributed by atoms with Gasteiger partial charge in [-0.15, -0.1) is 0 Å². The number of aliphatic carboxylic acids is 1. The van der Waals surface area contributed by atoms with Crippen molar-refractivity contribution in [3.8, 4) is 0 Å². The quantitative estimate of drug-likeness (QED) is 0.0781. The molecule has 3 atom stereocenters. The number of imidazole rings is 1. The van der Waals surface area contributed by atoms with E-state index in [0.717, 1.165) is 53.8 Å². The third-order valence-corrected chi connectivity index (χ3v) is 8.27. The Morgan fingerprint density at radius 2 is 1.89 bits per heavy atom. The maximum Gasteiger partial charge on any atom is 0.305 e. The number of fused-ring (bicyclic) bond motifs is 2. The van der Waals surface area contributed by atoms with Gasteiger partial charge in [-0.1, -0.05) is 31.0 Å². The molecule has 1 aromatic heterocycles. The molecule has 6 N–H and O–H groups in total. The number of nitrogens with zero attached hydrogens (tertiary/aromatic N) is 3. The molecule has 0 saturated heterocycles. The molecule has 1 amide bonds. The van der Waals surface area contributed by atoms with Crippen molar-refractivity contribution < 1.29 is 34.4 Å². The Kier molecular flexibility index (Phi) is 14.4. The van der Waals surface area contributed by atoms with Crippen LogP contribution in [0.5, 0.6) is 0 Å². The average Bonchev–Trinajstić information content (AvgIpc) is 3.41. The topological polar surface area (TPSA) is 173 Å². The van der Waals surface area contributed by atoms with Crippen LogP contribution in [-0.2, 0) is 32.2 Å². The van der Waals surface area contributed by atoms with Crippen LogP contribution in [0.3, 0.4) is 0 Å². The molecule has 0 spiro atoms. The number of carbonyl (C=O) groups excluding carboxylic acids is 1. The van der Waals surface area contributed by atoms with Crippen LogP contribution >= 0.6 is 0 Å². The molecular weight excluding hydrogens is 604 g/mol. The number of para-hydroxylation sites is 2. The number of aliphatic hydroxyl groups excluding tert-OH is 2. The van der Waals surface area contributed by atoms with Crippen LogP contribution in [0, 0.1) is 0 Å². The number of carboxylic acids is 1. The molecule has 0 fully saturated rings. The number of carbonyl (C=O) groups is 2. The first-order chi connectivity index (χ1) is 22.7. The molecule has 0 radical (unpaired) electrons. The van der Waals surface area contributed by atoms with E-state index in [0.29, 0.717) is 64.6 Å². The highest BCUT2D eigenvalue weighted by Crippen LogP contribution is 2.30. The van der Waals surface area contributed by atoms with Crippen molar-refractivity contribution in [2.75, 3.05) is 51.9 Å². The summed E-state index contributed by atoms with van der Waals surface area (Å²) in [5.41, 5.74) is 4.11. The Morgan fingerprint density at radius 1 is 1.11 bits per heavy atom. The first-order valence-electron chi connectivity index (χ1n) is 16.5. The van der Waals surface area contributed by atoms with Crippen LogP contribution in [0.4, 0.5) is 5.69 Å².